The Morgan fingerprint density at radius 1 is 0.958 bits per heavy atom. The highest BCUT2D eigenvalue weighted by atomic mass is 16.5. The summed E-state index contributed by atoms with van der Waals surface area (Å²) in [6.07, 6.45) is 1.86. The molecule has 0 aromatic heterocycles. The fraction of sp³-hybridized carbons (Fsp3) is 0.400. The second kappa shape index (κ2) is 9.18. The first-order valence-corrected chi connectivity index (χ1v) is 8.35. The predicted molar refractivity (Wildman–Crippen MR) is 97.3 cm³/mol. The van der Waals surface area contributed by atoms with E-state index in [-0.39, 0.29) is 5.92 Å². The molecular formula is C20H27NO3. The van der Waals surface area contributed by atoms with Crippen LogP contribution in [0.3, 0.4) is 0 Å². The maximum atomic E-state index is 6.03. The van der Waals surface area contributed by atoms with Crippen LogP contribution in [0, 0.1) is 0 Å². The van der Waals surface area contributed by atoms with Crippen molar-refractivity contribution >= 4 is 0 Å². The minimum Gasteiger partial charge on any atom is -0.497 e. The molecule has 0 amide bonds. The van der Waals surface area contributed by atoms with E-state index in [0.717, 1.165) is 42.3 Å². The molecule has 1 unspecified atom stereocenters. The lowest BCUT2D eigenvalue weighted by molar-refractivity contribution is 0.317. The molecule has 0 saturated heterocycles. The summed E-state index contributed by atoms with van der Waals surface area (Å²) in [5.74, 6) is 2.69. The fourth-order valence-corrected chi connectivity index (χ4v) is 2.70. The monoisotopic (exact) mass is 329 g/mol. The molecule has 4 heteroatoms. The normalized spacial score (nSPS) is 11.8. The van der Waals surface area contributed by atoms with Crippen molar-refractivity contribution in [1.29, 1.82) is 0 Å². The second-order valence-corrected chi connectivity index (χ2v) is 5.74. The summed E-state index contributed by atoms with van der Waals surface area (Å²) in [7, 11) is 3.32. The lowest BCUT2D eigenvalue weighted by Gasteiger charge is -2.19. The van der Waals surface area contributed by atoms with E-state index in [0.29, 0.717) is 6.54 Å². The third-order valence-corrected chi connectivity index (χ3v) is 4.04. The summed E-state index contributed by atoms with van der Waals surface area (Å²) in [5.41, 5.74) is 8.36. The van der Waals surface area contributed by atoms with Crippen LogP contribution in [-0.4, -0.2) is 27.4 Å². The first-order valence-electron chi connectivity index (χ1n) is 8.35. The Kier molecular flexibility index (Phi) is 6.94. The first kappa shape index (κ1) is 18.1. The fourth-order valence-electron chi connectivity index (χ4n) is 2.70. The van der Waals surface area contributed by atoms with Crippen molar-refractivity contribution in [3.63, 3.8) is 0 Å². The van der Waals surface area contributed by atoms with Crippen molar-refractivity contribution in [3.8, 4) is 17.2 Å². The Balaban J connectivity index is 2.14. The van der Waals surface area contributed by atoms with Crippen molar-refractivity contribution < 1.29 is 14.2 Å². The molecule has 2 aromatic carbocycles. The molecule has 0 aliphatic carbocycles. The van der Waals surface area contributed by atoms with E-state index in [2.05, 4.69) is 19.1 Å². The Labute approximate surface area is 144 Å². The average Bonchev–Trinajstić information content (AvgIpc) is 2.65. The first-order chi connectivity index (χ1) is 11.7. The van der Waals surface area contributed by atoms with Gasteiger partial charge in [-0.3, -0.25) is 0 Å². The molecule has 0 saturated carbocycles. The van der Waals surface area contributed by atoms with Gasteiger partial charge in [-0.2, -0.15) is 0 Å². The van der Waals surface area contributed by atoms with Gasteiger partial charge >= 0.3 is 0 Å². The number of methoxy groups -OCH3 is 2. The number of ether oxygens (including phenoxy) is 3. The number of benzene rings is 2. The lowest BCUT2D eigenvalue weighted by atomic mass is 9.91. The van der Waals surface area contributed by atoms with E-state index < -0.39 is 0 Å². The Bertz CT molecular complexity index is 625. The van der Waals surface area contributed by atoms with Crippen LogP contribution in [0.4, 0.5) is 0 Å². The highest BCUT2D eigenvalue weighted by Gasteiger charge is 2.16. The maximum Gasteiger partial charge on any atom is 0.126 e. The van der Waals surface area contributed by atoms with Crippen LogP contribution in [0.2, 0.25) is 0 Å². The van der Waals surface area contributed by atoms with Gasteiger partial charge in [-0.1, -0.05) is 25.1 Å². The van der Waals surface area contributed by atoms with Gasteiger partial charge in [0.25, 0.3) is 0 Å². The molecule has 2 rings (SSSR count). The van der Waals surface area contributed by atoms with Crippen molar-refractivity contribution in [2.45, 2.75) is 25.7 Å². The average molecular weight is 329 g/mol. The lowest BCUT2D eigenvalue weighted by Crippen LogP contribution is -2.16. The summed E-state index contributed by atoms with van der Waals surface area (Å²) in [6, 6.07) is 14.1. The van der Waals surface area contributed by atoms with E-state index in [9.17, 15) is 0 Å². The smallest absolute Gasteiger partial charge is 0.126 e. The molecule has 0 aliphatic heterocycles. The van der Waals surface area contributed by atoms with Crippen LogP contribution in [0.1, 0.15) is 30.4 Å². The minimum atomic E-state index is 0.188. The van der Waals surface area contributed by atoms with E-state index in [1.165, 1.54) is 5.56 Å². The zero-order valence-electron chi connectivity index (χ0n) is 14.7. The second-order valence-electron chi connectivity index (χ2n) is 5.74. The van der Waals surface area contributed by atoms with Crippen LogP contribution in [0.25, 0.3) is 0 Å². The van der Waals surface area contributed by atoms with Gasteiger partial charge in [-0.15, -0.1) is 0 Å². The van der Waals surface area contributed by atoms with Crippen LogP contribution >= 0.6 is 0 Å². The summed E-state index contributed by atoms with van der Waals surface area (Å²) in [5, 5.41) is 0. The summed E-state index contributed by atoms with van der Waals surface area (Å²) in [4.78, 5) is 0. The Morgan fingerprint density at radius 2 is 1.67 bits per heavy atom. The van der Waals surface area contributed by atoms with Gasteiger partial charge < -0.3 is 19.9 Å². The topological polar surface area (TPSA) is 53.7 Å². The molecule has 1 atom stereocenters. The quantitative estimate of drug-likeness (QED) is 0.761. The van der Waals surface area contributed by atoms with Crippen LogP contribution in [-0.2, 0) is 6.42 Å². The molecule has 2 N–H and O–H groups in total. The summed E-state index contributed by atoms with van der Waals surface area (Å²) >= 11 is 0. The van der Waals surface area contributed by atoms with E-state index in [1.54, 1.807) is 14.2 Å². The molecular weight excluding hydrogens is 302 g/mol. The maximum absolute atomic E-state index is 6.03. The van der Waals surface area contributed by atoms with Crippen molar-refractivity contribution in [1.82, 2.24) is 0 Å². The van der Waals surface area contributed by atoms with Crippen LogP contribution in [0.15, 0.2) is 42.5 Å². The molecule has 0 bridgehead atoms. The van der Waals surface area contributed by atoms with Crippen molar-refractivity contribution in [2.75, 3.05) is 27.4 Å². The molecule has 0 fully saturated rings. The molecule has 0 heterocycles. The van der Waals surface area contributed by atoms with E-state index >= 15 is 0 Å². The van der Waals surface area contributed by atoms with Crippen LogP contribution < -0.4 is 19.9 Å². The largest absolute Gasteiger partial charge is 0.497 e. The zero-order chi connectivity index (χ0) is 17.4. The summed E-state index contributed by atoms with van der Waals surface area (Å²) in [6.45, 7) is 3.40. The molecule has 130 valence electrons. The third-order valence-electron chi connectivity index (χ3n) is 4.04. The minimum absolute atomic E-state index is 0.188. The third kappa shape index (κ3) is 4.65. The Morgan fingerprint density at radius 3 is 2.25 bits per heavy atom. The standard InChI is InChI=1S/C20H27NO3/c1-4-11-24-17-7-5-15(6-8-17)12-16(14-21)19-10-9-18(22-2)13-20(19)23-3/h5-10,13,16H,4,11-12,14,21H2,1-3H3. The SMILES string of the molecule is CCCOc1ccc(CC(CN)c2ccc(OC)cc2OC)cc1. The van der Waals surface area contributed by atoms with Gasteiger partial charge in [0.15, 0.2) is 0 Å². The Hall–Kier alpha value is -2.20. The van der Waals surface area contributed by atoms with Crippen molar-refractivity contribution in [2.24, 2.45) is 5.73 Å². The number of rotatable bonds is 9. The molecule has 4 nitrogen and oxygen atoms in total. The highest BCUT2D eigenvalue weighted by molar-refractivity contribution is 5.43. The van der Waals surface area contributed by atoms with Gasteiger partial charge in [-0.25, -0.2) is 0 Å². The van der Waals surface area contributed by atoms with E-state index in [1.807, 2.05) is 30.3 Å². The van der Waals surface area contributed by atoms with Crippen LogP contribution in [0.5, 0.6) is 17.2 Å². The van der Waals surface area contributed by atoms with Gasteiger partial charge in [0.2, 0.25) is 0 Å². The molecule has 2 aromatic rings. The number of hydrogen-bond acceptors (Lipinski definition) is 4. The van der Waals surface area contributed by atoms with E-state index in [4.69, 9.17) is 19.9 Å². The number of nitrogens with two attached hydrogens (primary N) is 1. The molecule has 0 radical (unpaired) electrons. The molecule has 0 spiro atoms. The van der Waals surface area contributed by atoms with Gasteiger partial charge in [0, 0.05) is 12.0 Å². The predicted octanol–water partition coefficient (Wildman–Crippen LogP) is 3.78. The summed E-state index contributed by atoms with van der Waals surface area (Å²) < 4.78 is 16.4. The molecule has 0 aliphatic rings. The zero-order valence-corrected chi connectivity index (χ0v) is 14.7. The van der Waals surface area contributed by atoms with Crippen molar-refractivity contribution in [3.05, 3.63) is 53.6 Å². The van der Waals surface area contributed by atoms with Gasteiger partial charge in [-0.05, 0) is 48.7 Å². The van der Waals surface area contributed by atoms with Gasteiger partial charge in [0.1, 0.15) is 17.2 Å². The highest BCUT2D eigenvalue weighted by Crippen LogP contribution is 2.32. The molecule has 24 heavy (non-hydrogen) atoms. The number of hydrogen-bond donors (Lipinski definition) is 1. The van der Waals surface area contributed by atoms with Gasteiger partial charge in [0.05, 0.1) is 20.8 Å².